The van der Waals surface area contributed by atoms with Crippen LogP contribution in [0.15, 0.2) is 47.6 Å². The molecule has 1 heterocycles. The number of hydrazone groups is 1. The standard InChI is InChI=1S/C18H16N4O6/c1-18(12-3-6-14(28-2)7-4-12)16(24)21(17(25)20-18)19-10-11-9-13(22(26)27)5-8-15(11)23/h3-10,23H,1-2H3,(H,20,25)/p-1/b19-10-/t18-/m0/s1. The Bertz CT molecular complexity index is 988. The van der Waals surface area contributed by atoms with Crippen molar-refractivity contribution < 1.29 is 24.4 Å². The molecule has 0 radical (unpaired) electrons. The Kier molecular flexibility index (Phi) is 4.70. The average molecular weight is 383 g/mol. The molecular weight excluding hydrogens is 368 g/mol. The summed E-state index contributed by atoms with van der Waals surface area (Å²) >= 11 is 0. The second-order valence-corrected chi connectivity index (χ2v) is 6.12. The van der Waals surface area contributed by atoms with Crippen molar-refractivity contribution in [1.29, 1.82) is 0 Å². The first-order chi connectivity index (χ1) is 13.3. The van der Waals surface area contributed by atoms with Crippen LogP contribution in [0.1, 0.15) is 18.1 Å². The molecule has 1 fully saturated rings. The van der Waals surface area contributed by atoms with Gasteiger partial charge in [-0.15, -0.1) is 5.01 Å². The van der Waals surface area contributed by atoms with Crippen molar-refractivity contribution >= 4 is 23.8 Å². The number of nitrogens with zero attached hydrogens (tertiary/aromatic N) is 3. The molecule has 1 aliphatic heterocycles. The number of hydrogen-bond acceptors (Lipinski definition) is 7. The molecule has 0 saturated carbocycles. The maximum atomic E-state index is 12.8. The maximum Gasteiger partial charge on any atom is 0.346 e. The van der Waals surface area contributed by atoms with Crippen LogP contribution < -0.4 is 15.2 Å². The van der Waals surface area contributed by atoms with Gasteiger partial charge < -0.3 is 15.2 Å². The second-order valence-electron chi connectivity index (χ2n) is 6.12. The predicted molar refractivity (Wildman–Crippen MR) is 95.9 cm³/mol. The van der Waals surface area contributed by atoms with Crippen molar-refractivity contribution in [2.45, 2.75) is 12.5 Å². The minimum Gasteiger partial charge on any atom is -0.872 e. The number of nitro benzene ring substituents is 1. The fourth-order valence-electron chi connectivity index (χ4n) is 2.72. The van der Waals surface area contributed by atoms with E-state index in [2.05, 4.69) is 10.4 Å². The largest absolute Gasteiger partial charge is 0.872 e. The van der Waals surface area contributed by atoms with Crippen molar-refractivity contribution in [2.75, 3.05) is 7.11 Å². The molecule has 1 atom stereocenters. The van der Waals surface area contributed by atoms with Crippen molar-refractivity contribution in [3.8, 4) is 11.5 Å². The number of carbonyl (C=O) groups excluding carboxylic acids is 2. The van der Waals surface area contributed by atoms with Gasteiger partial charge in [-0.25, -0.2) is 4.79 Å². The van der Waals surface area contributed by atoms with Crippen LogP contribution >= 0.6 is 0 Å². The van der Waals surface area contributed by atoms with E-state index in [0.29, 0.717) is 16.3 Å². The minimum absolute atomic E-state index is 0.118. The van der Waals surface area contributed by atoms with E-state index in [0.717, 1.165) is 24.4 Å². The lowest BCUT2D eigenvalue weighted by Gasteiger charge is -2.21. The van der Waals surface area contributed by atoms with Crippen LogP contribution in [-0.4, -0.2) is 35.2 Å². The van der Waals surface area contributed by atoms with Gasteiger partial charge in [-0.2, -0.15) is 5.10 Å². The highest BCUT2D eigenvalue weighted by Crippen LogP contribution is 2.30. The lowest BCUT2D eigenvalue weighted by molar-refractivity contribution is -0.385. The molecule has 1 saturated heterocycles. The zero-order valence-electron chi connectivity index (χ0n) is 14.9. The number of ether oxygens (including phenoxy) is 1. The summed E-state index contributed by atoms with van der Waals surface area (Å²) in [5.74, 6) is -0.594. The summed E-state index contributed by atoms with van der Waals surface area (Å²) in [6, 6.07) is 8.91. The van der Waals surface area contributed by atoms with E-state index in [1.807, 2.05) is 0 Å². The lowest BCUT2D eigenvalue weighted by Crippen LogP contribution is -2.40. The molecule has 2 aromatic rings. The molecule has 1 N–H and O–H groups in total. The lowest BCUT2D eigenvalue weighted by atomic mass is 9.92. The Morgan fingerprint density at radius 3 is 2.50 bits per heavy atom. The summed E-state index contributed by atoms with van der Waals surface area (Å²) in [6.45, 7) is 1.52. The molecule has 10 heteroatoms. The molecule has 10 nitrogen and oxygen atoms in total. The summed E-state index contributed by atoms with van der Waals surface area (Å²) in [6.07, 6.45) is 0.951. The molecule has 0 aliphatic carbocycles. The van der Waals surface area contributed by atoms with Gasteiger partial charge in [-0.1, -0.05) is 23.9 Å². The first kappa shape index (κ1) is 18.8. The van der Waals surface area contributed by atoms with E-state index >= 15 is 0 Å². The highest BCUT2D eigenvalue weighted by atomic mass is 16.6. The van der Waals surface area contributed by atoms with Crippen molar-refractivity contribution in [3.63, 3.8) is 0 Å². The van der Waals surface area contributed by atoms with Gasteiger partial charge in [0.05, 0.1) is 18.2 Å². The number of hydrogen-bond donors (Lipinski definition) is 1. The van der Waals surface area contributed by atoms with E-state index in [4.69, 9.17) is 4.74 Å². The van der Waals surface area contributed by atoms with Gasteiger partial charge in [0.2, 0.25) is 0 Å². The molecular formula is C18H15N4O6-. The number of non-ortho nitro benzene ring substituents is 1. The van der Waals surface area contributed by atoms with Gasteiger partial charge in [0.25, 0.3) is 11.6 Å². The molecule has 0 bridgehead atoms. The van der Waals surface area contributed by atoms with E-state index in [1.165, 1.54) is 14.0 Å². The van der Waals surface area contributed by atoms with E-state index in [-0.39, 0.29) is 11.3 Å². The number of rotatable bonds is 5. The van der Waals surface area contributed by atoms with Crippen molar-refractivity contribution in [2.24, 2.45) is 5.10 Å². The Balaban J connectivity index is 1.89. The zero-order chi connectivity index (χ0) is 20.5. The van der Waals surface area contributed by atoms with Crippen molar-refractivity contribution in [3.05, 3.63) is 63.7 Å². The zero-order valence-corrected chi connectivity index (χ0v) is 14.9. The van der Waals surface area contributed by atoms with Gasteiger partial charge in [0, 0.05) is 12.1 Å². The highest BCUT2D eigenvalue weighted by Gasteiger charge is 2.49. The van der Waals surface area contributed by atoms with Crippen LogP contribution in [0.2, 0.25) is 0 Å². The summed E-state index contributed by atoms with van der Waals surface area (Å²) in [4.78, 5) is 35.2. The molecule has 144 valence electrons. The average Bonchev–Trinajstić information content (AvgIpc) is 2.90. The Labute approximate surface area is 159 Å². The summed E-state index contributed by atoms with van der Waals surface area (Å²) in [7, 11) is 1.51. The maximum absolute atomic E-state index is 12.8. The summed E-state index contributed by atoms with van der Waals surface area (Å²) in [5.41, 5.74) is -1.26. The third-order valence-electron chi connectivity index (χ3n) is 4.35. The Morgan fingerprint density at radius 1 is 1.21 bits per heavy atom. The number of carbonyl (C=O) groups is 2. The molecule has 3 amide bonds. The van der Waals surface area contributed by atoms with Gasteiger partial charge in [-0.3, -0.25) is 14.9 Å². The molecule has 3 rings (SSSR count). The minimum atomic E-state index is -1.36. The molecule has 0 spiro atoms. The van der Waals surface area contributed by atoms with Crippen LogP contribution in [0.3, 0.4) is 0 Å². The number of benzene rings is 2. The van der Waals surface area contributed by atoms with Crippen LogP contribution in [0, 0.1) is 10.1 Å². The molecule has 28 heavy (non-hydrogen) atoms. The van der Waals surface area contributed by atoms with Gasteiger partial charge in [-0.05, 0) is 30.2 Å². The predicted octanol–water partition coefficient (Wildman–Crippen LogP) is 1.48. The quantitative estimate of drug-likeness (QED) is 0.359. The molecule has 1 aliphatic rings. The number of nitro groups is 1. The fraction of sp³-hybridized carbons (Fsp3) is 0.167. The van der Waals surface area contributed by atoms with Crippen LogP contribution in [0.4, 0.5) is 10.5 Å². The van der Waals surface area contributed by atoms with Crippen molar-refractivity contribution in [1.82, 2.24) is 10.3 Å². The number of methoxy groups -OCH3 is 1. The van der Waals surface area contributed by atoms with E-state index < -0.39 is 28.2 Å². The Hall–Kier alpha value is -3.95. The molecule has 0 aromatic heterocycles. The summed E-state index contributed by atoms with van der Waals surface area (Å²) < 4.78 is 5.08. The number of nitrogens with one attached hydrogen (secondary N) is 1. The van der Waals surface area contributed by atoms with Crippen LogP contribution in [-0.2, 0) is 10.3 Å². The number of urea groups is 1. The summed E-state index contributed by atoms with van der Waals surface area (Å²) in [5, 5.41) is 29.6. The normalized spacial score (nSPS) is 19.1. The Morgan fingerprint density at radius 2 is 1.89 bits per heavy atom. The van der Waals surface area contributed by atoms with Gasteiger partial charge in [0.1, 0.15) is 11.3 Å². The van der Waals surface area contributed by atoms with E-state index in [9.17, 15) is 24.8 Å². The second kappa shape index (κ2) is 6.99. The smallest absolute Gasteiger partial charge is 0.346 e. The highest BCUT2D eigenvalue weighted by molar-refractivity contribution is 6.07. The monoisotopic (exact) mass is 383 g/mol. The fourth-order valence-corrected chi connectivity index (χ4v) is 2.72. The topological polar surface area (TPSA) is 137 Å². The number of amides is 3. The first-order valence-corrected chi connectivity index (χ1v) is 8.07. The molecule has 0 unspecified atom stereocenters. The third-order valence-corrected chi connectivity index (χ3v) is 4.35. The SMILES string of the molecule is COc1ccc([C@]2(C)NC(=O)N(/N=C\c3cc([N+](=O)[O-])ccc3[O-])C2=O)cc1. The van der Waals surface area contributed by atoms with Crippen LogP contribution in [0.25, 0.3) is 0 Å². The third kappa shape index (κ3) is 3.22. The van der Waals surface area contributed by atoms with Crippen LogP contribution in [0.5, 0.6) is 11.5 Å². The van der Waals surface area contributed by atoms with Gasteiger partial charge >= 0.3 is 6.03 Å². The first-order valence-electron chi connectivity index (χ1n) is 8.07. The van der Waals surface area contributed by atoms with Gasteiger partial charge in [0.15, 0.2) is 0 Å². The van der Waals surface area contributed by atoms with E-state index in [1.54, 1.807) is 24.3 Å². The molecule has 2 aromatic carbocycles. The number of imide groups is 1.